The smallest absolute Gasteiger partial charge is 0.335 e. The van der Waals surface area contributed by atoms with Gasteiger partial charge in [-0.25, -0.2) is 9.59 Å². The fraction of sp³-hybridized carbons (Fsp3) is 0. The molecule has 0 saturated heterocycles. The van der Waals surface area contributed by atoms with Crippen LogP contribution in [-0.4, -0.2) is 22.2 Å². The zero-order valence-corrected chi connectivity index (χ0v) is 13.1. The SMILES string of the molecule is Nc1cc(C(=O)O)ccc1-c1ccc(-c2ccc(C(=O)O)cc2)cc1. The predicted molar refractivity (Wildman–Crippen MR) is 95.6 cm³/mol. The first kappa shape index (κ1) is 16.3. The first-order valence-corrected chi connectivity index (χ1v) is 7.52. The normalized spacial score (nSPS) is 10.4. The number of aromatic carboxylic acids is 2. The average molecular weight is 333 g/mol. The lowest BCUT2D eigenvalue weighted by Gasteiger charge is -2.09. The highest BCUT2D eigenvalue weighted by molar-refractivity contribution is 5.91. The molecular formula is C20H15NO4. The summed E-state index contributed by atoms with van der Waals surface area (Å²) in [4.78, 5) is 21.9. The lowest BCUT2D eigenvalue weighted by atomic mass is 9.98. The summed E-state index contributed by atoms with van der Waals surface area (Å²) in [5.41, 5.74) is 10.3. The third kappa shape index (κ3) is 3.35. The van der Waals surface area contributed by atoms with Gasteiger partial charge in [0.1, 0.15) is 0 Å². The minimum absolute atomic E-state index is 0.149. The number of carboxylic acid groups (broad SMARTS) is 2. The molecule has 0 fully saturated rings. The molecule has 0 aliphatic heterocycles. The Bertz CT molecular complexity index is 944. The Balaban J connectivity index is 1.90. The van der Waals surface area contributed by atoms with Crippen molar-refractivity contribution < 1.29 is 19.8 Å². The van der Waals surface area contributed by atoms with Crippen molar-refractivity contribution in [1.29, 1.82) is 0 Å². The summed E-state index contributed by atoms with van der Waals surface area (Å²) in [5, 5.41) is 17.9. The molecule has 5 nitrogen and oxygen atoms in total. The van der Waals surface area contributed by atoms with Crippen molar-refractivity contribution in [3.63, 3.8) is 0 Å². The Kier molecular flexibility index (Phi) is 4.22. The van der Waals surface area contributed by atoms with Crippen LogP contribution in [0.15, 0.2) is 66.7 Å². The number of hydrogen-bond acceptors (Lipinski definition) is 3. The fourth-order valence-electron chi connectivity index (χ4n) is 2.61. The molecule has 3 aromatic carbocycles. The first-order chi connectivity index (χ1) is 12.0. The highest BCUT2D eigenvalue weighted by Gasteiger charge is 2.09. The molecule has 3 rings (SSSR count). The van der Waals surface area contributed by atoms with E-state index in [0.29, 0.717) is 5.69 Å². The molecular weight excluding hydrogens is 318 g/mol. The maximum atomic E-state index is 11.0. The highest BCUT2D eigenvalue weighted by Crippen LogP contribution is 2.29. The van der Waals surface area contributed by atoms with Crippen molar-refractivity contribution in [1.82, 2.24) is 0 Å². The number of nitrogens with two attached hydrogens (primary N) is 1. The lowest BCUT2D eigenvalue weighted by Crippen LogP contribution is -1.99. The van der Waals surface area contributed by atoms with E-state index >= 15 is 0 Å². The minimum atomic E-state index is -1.02. The van der Waals surface area contributed by atoms with Crippen LogP contribution >= 0.6 is 0 Å². The number of hydrogen-bond donors (Lipinski definition) is 3. The van der Waals surface area contributed by atoms with E-state index in [1.54, 1.807) is 30.3 Å². The Morgan fingerprint density at radius 1 is 0.640 bits per heavy atom. The third-order valence-electron chi connectivity index (χ3n) is 3.96. The molecule has 25 heavy (non-hydrogen) atoms. The van der Waals surface area contributed by atoms with Crippen molar-refractivity contribution in [2.24, 2.45) is 0 Å². The van der Waals surface area contributed by atoms with Crippen LogP contribution in [0.5, 0.6) is 0 Å². The van der Waals surface area contributed by atoms with Gasteiger partial charge in [-0.05, 0) is 41.0 Å². The molecule has 0 unspecified atom stereocenters. The monoisotopic (exact) mass is 333 g/mol. The predicted octanol–water partition coefficient (Wildman–Crippen LogP) is 4.00. The fourth-order valence-corrected chi connectivity index (χ4v) is 2.61. The van der Waals surface area contributed by atoms with Gasteiger partial charge >= 0.3 is 11.9 Å². The zero-order valence-electron chi connectivity index (χ0n) is 13.1. The van der Waals surface area contributed by atoms with Gasteiger partial charge in [0.25, 0.3) is 0 Å². The molecule has 0 heterocycles. The summed E-state index contributed by atoms with van der Waals surface area (Å²) >= 11 is 0. The molecule has 4 N–H and O–H groups in total. The van der Waals surface area contributed by atoms with Gasteiger partial charge in [0.15, 0.2) is 0 Å². The first-order valence-electron chi connectivity index (χ1n) is 7.52. The summed E-state index contributed by atoms with van der Waals surface area (Å²) in [6.07, 6.45) is 0. The summed E-state index contributed by atoms with van der Waals surface area (Å²) in [6, 6.07) is 18.9. The molecule has 0 saturated carbocycles. The highest BCUT2D eigenvalue weighted by atomic mass is 16.4. The van der Waals surface area contributed by atoms with Crippen LogP contribution in [0.4, 0.5) is 5.69 Å². The largest absolute Gasteiger partial charge is 0.478 e. The molecule has 0 amide bonds. The second-order valence-electron chi connectivity index (χ2n) is 5.57. The molecule has 3 aromatic rings. The summed E-state index contributed by atoms with van der Waals surface area (Å²) in [6.45, 7) is 0. The van der Waals surface area contributed by atoms with Crippen LogP contribution in [0.3, 0.4) is 0 Å². The average Bonchev–Trinajstić information content (AvgIpc) is 2.62. The summed E-state index contributed by atoms with van der Waals surface area (Å²) < 4.78 is 0. The van der Waals surface area contributed by atoms with Crippen LogP contribution < -0.4 is 5.73 Å². The van der Waals surface area contributed by atoms with Crippen LogP contribution in [0, 0.1) is 0 Å². The van der Waals surface area contributed by atoms with Gasteiger partial charge in [-0.3, -0.25) is 0 Å². The standard InChI is InChI=1S/C20H15NO4/c21-18-11-16(20(24)25)9-10-17(18)14-5-1-12(2-6-14)13-3-7-15(8-4-13)19(22)23/h1-11H,21H2,(H,22,23)(H,24,25). The van der Waals surface area contributed by atoms with Gasteiger partial charge < -0.3 is 15.9 Å². The van der Waals surface area contributed by atoms with E-state index in [0.717, 1.165) is 22.3 Å². The van der Waals surface area contributed by atoms with E-state index < -0.39 is 11.9 Å². The maximum Gasteiger partial charge on any atom is 0.335 e. The van der Waals surface area contributed by atoms with Gasteiger partial charge in [0.2, 0.25) is 0 Å². The van der Waals surface area contributed by atoms with E-state index in [4.69, 9.17) is 15.9 Å². The van der Waals surface area contributed by atoms with E-state index in [1.807, 2.05) is 24.3 Å². The van der Waals surface area contributed by atoms with Gasteiger partial charge in [-0.15, -0.1) is 0 Å². The molecule has 0 spiro atoms. The molecule has 0 aliphatic carbocycles. The van der Waals surface area contributed by atoms with E-state index in [9.17, 15) is 9.59 Å². The summed E-state index contributed by atoms with van der Waals surface area (Å²) in [7, 11) is 0. The number of anilines is 1. The van der Waals surface area contributed by atoms with Crippen LogP contribution in [-0.2, 0) is 0 Å². The molecule has 0 radical (unpaired) electrons. The van der Waals surface area contributed by atoms with Crippen LogP contribution in [0.1, 0.15) is 20.7 Å². The van der Waals surface area contributed by atoms with Gasteiger partial charge in [0.05, 0.1) is 11.1 Å². The molecule has 5 heteroatoms. The Morgan fingerprint density at radius 3 is 1.56 bits per heavy atom. The van der Waals surface area contributed by atoms with Crippen molar-refractivity contribution >= 4 is 17.6 Å². The number of nitrogen functional groups attached to an aromatic ring is 1. The summed E-state index contributed by atoms with van der Waals surface area (Å²) in [5.74, 6) is -1.97. The van der Waals surface area contributed by atoms with Gasteiger partial charge in [-0.1, -0.05) is 42.5 Å². The van der Waals surface area contributed by atoms with E-state index in [2.05, 4.69) is 0 Å². The topological polar surface area (TPSA) is 101 Å². The van der Waals surface area contributed by atoms with Crippen molar-refractivity contribution in [3.05, 3.63) is 77.9 Å². The van der Waals surface area contributed by atoms with Crippen LogP contribution in [0.2, 0.25) is 0 Å². The zero-order chi connectivity index (χ0) is 18.0. The molecule has 124 valence electrons. The number of carbonyl (C=O) groups is 2. The lowest BCUT2D eigenvalue weighted by molar-refractivity contribution is 0.0686. The second-order valence-corrected chi connectivity index (χ2v) is 5.57. The molecule has 0 bridgehead atoms. The molecule has 0 atom stereocenters. The number of rotatable bonds is 4. The minimum Gasteiger partial charge on any atom is -0.478 e. The number of carboxylic acids is 2. The quantitative estimate of drug-likeness (QED) is 0.627. The second kappa shape index (κ2) is 6.49. The molecule has 0 aromatic heterocycles. The maximum absolute atomic E-state index is 11.0. The van der Waals surface area contributed by atoms with Crippen molar-refractivity contribution in [2.45, 2.75) is 0 Å². The Hall–Kier alpha value is -3.60. The van der Waals surface area contributed by atoms with Crippen molar-refractivity contribution in [2.75, 3.05) is 5.73 Å². The van der Waals surface area contributed by atoms with E-state index in [-0.39, 0.29) is 11.1 Å². The van der Waals surface area contributed by atoms with E-state index in [1.165, 1.54) is 12.1 Å². The van der Waals surface area contributed by atoms with Crippen molar-refractivity contribution in [3.8, 4) is 22.3 Å². The van der Waals surface area contributed by atoms with Gasteiger partial charge in [-0.2, -0.15) is 0 Å². The Morgan fingerprint density at radius 2 is 1.08 bits per heavy atom. The molecule has 0 aliphatic rings. The van der Waals surface area contributed by atoms with Gasteiger partial charge in [0, 0.05) is 11.3 Å². The number of benzene rings is 3. The Labute approximate surface area is 144 Å². The third-order valence-corrected chi connectivity index (χ3v) is 3.96. The van der Waals surface area contributed by atoms with Crippen LogP contribution in [0.25, 0.3) is 22.3 Å².